The minimum absolute atomic E-state index is 0.0315. The molecule has 2 aromatic rings. The van der Waals surface area contributed by atoms with Crippen LogP contribution in [0.1, 0.15) is 5.56 Å². The van der Waals surface area contributed by atoms with E-state index in [0.29, 0.717) is 11.4 Å². The van der Waals surface area contributed by atoms with E-state index in [2.05, 4.69) is 27.9 Å². The molecule has 0 radical (unpaired) electrons. The van der Waals surface area contributed by atoms with Gasteiger partial charge in [0.1, 0.15) is 5.75 Å². The fourth-order valence-corrected chi connectivity index (χ4v) is 2.28. The summed E-state index contributed by atoms with van der Waals surface area (Å²) in [6.07, 6.45) is 0. The number of benzene rings is 2. The minimum atomic E-state index is -0.191. The van der Waals surface area contributed by atoms with Crippen molar-refractivity contribution in [2.45, 2.75) is 6.92 Å². The second-order valence-corrected chi connectivity index (χ2v) is 5.62. The highest BCUT2D eigenvalue weighted by Gasteiger charge is 2.06. The number of carbonyl (C=O) groups is 1. The highest BCUT2D eigenvalue weighted by atomic mass is 127. The summed E-state index contributed by atoms with van der Waals surface area (Å²) in [5.41, 5.74) is 8.02. The lowest BCUT2D eigenvalue weighted by Crippen LogP contribution is -2.20. The topological polar surface area (TPSA) is 64.3 Å². The van der Waals surface area contributed by atoms with Gasteiger partial charge in [0, 0.05) is 14.9 Å². The first kappa shape index (κ1) is 14.6. The maximum absolute atomic E-state index is 11.8. The van der Waals surface area contributed by atoms with Gasteiger partial charge in [0.05, 0.1) is 0 Å². The van der Waals surface area contributed by atoms with E-state index in [1.807, 2.05) is 37.3 Å². The van der Waals surface area contributed by atoms with Crippen molar-refractivity contribution >= 4 is 39.9 Å². The summed E-state index contributed by atoms with van der Waals surface area (Å²) in [4.78, 5) is 11.8. The lowest BCUT2D eigenvalue weighted by atomic mass is 10.2. The number of ether oxygens (including phenoxy) is 1. The Balaban J connectivity index is 1.92. The molecule has 2 rings (SSSR count). The third kappa shape index (κ3) is 4.12. The Kier molecular flexibility index (Phi) is 4.84. The Labute approximate surface area is 131 Å². The Morgan fingerprint density at radius 3 is 2.80 bits per heavy atom. The van der Waals surface area contributed by atoms with Crippen LogP contribution in [0.2, 0.25) is 0 Å². The van der Waals surface area contributed by atoms with Crippen LogP contribution in [0.25, 0.3) is 0 Å². The lowest BCUT2D eigenvalue weighted by Gasteiger charge is -2.10. The minimum Gasteiger partial charge on any atom is -0.483 e. The number of hydrogen-bond acceptors (Lipinski definition) is 3. The van der Waals surface area contributed by atoms with Gasteiger partial charge in [0.2, 0.25) is 0 Å². The van der Waals surface area contributed by atoms with Crippen LogP contribution in [0.15, 0.2) is 42.5 Å². The fourth-order valence-electron chi connectivity index (χ4n) is 1.74. The monoisotopic (exact) mass is 382 g/mol. The molecule has 0 atom stereocenters. The predicted octanol–water partition coefficient (Wildman–Crippen LogP) is 3.20. The highest BCUT2D eigenvalue weighted by molar-refractivity contribution is 14.1. The normalized spacial score (nSPS) is 10.1. The summed E-state index contributed by atoms with van der Waals surface area (Å²) >= 11 is 2.20. The largest absolute Gasteiger partial charge is 0.483 e. The Morgan fingerprint density at radius 1 is 1.30 bits per heavy atom. The molecule has 0 aliphatic heterocycles. The van der Waals surface area contributed by atoms with E-state index in [0.717, 1.165) is 14.8 Å². The molecule has 0 fully saturated rings. The first-order valence-corrected chi connectivity index (χ1v) is 7.17. The summed E-state index contributed by atoms with van der Waals surface area (Å²) in [5, 5.41) is 2.79. The first-order chi connectivity index (χ1) is 9.54. The van der Waals surface area contributed by atoms with Crippen molar-refractivity contribution < 1.29 is 9.53 Å². The third-order valence-electron chi connectivity index (χ3n) is 2.67. The molecule has 0 spiro atoms. The van der Waals surface area contributed by atoms with Crippen LogP contribution in [0.5, 0.6) is 5.75 Å². The Bertz CT molecular complexity index is 629. The molecule has 3 N–H and O–H groups in total. The molecule has 0 saturated carbocycles. The van der Waals surface area contributed by atoms with Crippen molar-refractivity contribution in [3.8, 4) is 5.75 Å². The van der Waals surface area contributed by atoms with Crippen molar-refractivity contribution in [2.75, 3.05) is 17.7 Å². The smallest absolute Gasteiger partial charge is 0.262 e. The molecule has 5 heteroatoms. The standard InChI is InChI=1S/C15H15IN2O2/c1-10-7-12(17)5-6-14(10)20-9-15(19)18-13-4-2-3-11(16)8-13/h2-8H,9,17H2,1H3,(H,18,19). The zero-order valence-corrected chi connectivity index (χ0v) is 13.2. The molecule has 0 aliphatic rings. The van der Waals surface area contributed by atoms with Crippen LogP contribution < -0.4 is 15.8 Å². The first-order valence-electron chi connectivity index (χ1n) is 6.09. The van der Waals surface area contributed by atoms with Crippen molar-refractivity contribution in [3.63, 3.8) is 0 Å². The maximum Gasteiger partial charge on any atom is 0.262 e. The molecule has 0 unspecified atom stereocenters. The molecule has 20 heavy (non-hydrogen) atoms. The Morgan fingerprint density at radius 2 is 2.10 bits per heavy atom. The van der Waals surface area contributed by atoms with E-state index in [-0.39, 0.29) is 12.5 Å². The quantitative estimate of drug-likeness (QED) is 0.631. The second-order valence-electron chi connectivity index (χ2n) is 4.37. The maximum atomic E-state index is 11.8. The van der Waals surface area contributed by atoms with Gasteiger partial charge in [-0.05, 0) is 71.5 Å². The van der Waals surface area contributed by atoms with E-state index < -0.39 is 0 Å². The summed E-state index contributed by atoms with van der Waals surface area (Å²) in [6.45, 7) is 1.86. The summed E-state index contributed by atoms with van der Waals surface area (Å²) < 4.78 is 6.55. The zero-order valence-electron chi connectivity index (χ0n) is 11.0. The number of anilines is 2. The highest BCUT2D eigenvalue weighted by Crippen LogP contribution is 2.20. The number of aryl methyl sites for hydroxylation is 1. The number of amides is 1. The predicted molar refractivity (Wildman–Crippen MR) is 88.9 cm³/mol. The van der Waals surface area contributed by atoms with Crippen molar-refractivity contribution in [1.82, 2.24) is 0 Å². The fraction of sp³-hybridized carbons (Fsp3) is 0.133. The third-order valence-corrected chi connectivity index (χ3v) is 3.34. The molecule has 0 bridgehead atoms. The van der Waals surface area contributed by atoms with Crippen LogP contribution in [0.4, 0.5) is 11.4 Å². The van der Waals surface area contributed by atoms with Crippen LogP contribution in [-0.2, 0) is 4.79 Å². The van der Waals surface area contributed by atoms with E-state index in [1.165, 1.54) is 0 Å². The van der Waals surface area contributed by atoms with Crippen LogP contribution in [0, 0.1) is 10.5 Å². The summed E-state index contributed by atoms with van der Waals surface area (Å²) in [5.74, 6) is 0.472. The average molecular weight is 382 g/mol. The van der Waals surface area contributed by atoms with Gasteiger partial charge in [-0.25, -0.2) is 0 Å². The number of halogens is 1. The molecular weight excluding hydrogens is 367 g/mol. The van der Waals surface area contributed by atoms with Gasteiger partial charge in [-0.15, -0.1) is 0 Å². The number of carbonyl (C=O) groups excluding carboxylic acids is 1. The van der Waals surface area contributed by atoms with E-state index >= 15 is 0 Å². The second kappa shape index (κ2) is 6.60. The van der Waals surface area contributed by atoms with Crippen molar-refractivity contribution in [1.29, 1.82) is 0 Å². The number of nitrogens with two attached hydrogens (primary N) is 1. The molecule has 104 valence electrons. The zero-order chi connectivity index (χ0) is 14.5. The molecule has 0 heterocycles. The van der Waals surface area contributed by atoms with Crippen LogP contribution in [0.3, 0.4) is 0 Å². The molecule has 4 nitrogen and oxygen atoms in total. The number of rotatable bonds is 4. The molecule has 1 amide bonds. The molecule has 0 saturated heterocycles. The van der Waals surface area contributed by atoms with Gasteiger partial charge in [-0.1, -0.05) is 6.07 Å². The summed E-state index contributed by atoms with van der Waals surface area (Å²) in [7, 11) is 0. The van der Waals surface area contributed by atoms with Crippen LogP contribution >= 0.6 is 22.6 Å². The van der Waals surface area contributed by atoms with E-state index in [1.54, 1.807) is 12.1 Å². The summed E-state index contributed by atoms with van der Waals surface area (Å²) in [6, 6.07) is 12.9. The Hall–Kier alpha value is -1.76. The molecule has 0 aromatic heterocycles. The van der Waals surface area contributed by atoms with Gasteiger partial charge in [0.15, 0.2) is 6.61 Å². The van der Waals surface area contributed by atoms with Crippen molar-refractivity contribution in [3.05, 3.63) is 51.6 Å². The molecule has 0 aliphatic carbocycles. The number of nitrogens with one attached hydrogen (secondary N) is 1. The number of hydrogen-bond donors (Lipinski definition) is 2. The van der Waals surface area contributed by atoms with E-state index in [9.17, 15) is 4.79 Å². The van der Waals surface area contributed by atoms with Gasteiger partial charge in [-0.2, -0.15) is 0 Å². The average Bonchev–Trinajstić information content (AvgIpc) is 2.37. The van der Waals surface area contributed by atoms with Crippen LogP contribution in [-0.4, -0.2) is 12.5 Å². The van der Waals surface area contributed by atoms with Gasteiger partial charge < -0.3 is 15.8 Å². The van der Waals surface area contributed by atoms with Gasteiger partial charge >= 0.3 is 0 Å². The van der Waals surface area contributed by atoms with E-state index in [4.69, 9.17) is 10.5 Å². The van der Waals surface area contributed by atoms with Gasteiger partial charge in [-0.3, -0.25) is 4.79 Å². The molecular formula is C15H15IN2O2. The lowest BCUT2D eigenvalue weighted by molar-refractivity contribution is -0.118. The SMILES string of the molecule is Cc1cc(N)ccc1OCC(=O)Nc1cccc(I)c1. The van der Waals surface area contributed by atoms with Gasteiger partial charge in [0.25, 0.3) is 5.91 Å². The molecule has 2 aromatic carbocycles. The number of nitrogen functional groups attached to an aromatic ring is 1. The van der Waals surface area contributed by atoms with Crippen molar-refractivity contribution in [2.24, 2.45) is 0 Å².